The van der Waals surface area contributed by atoms with Crippen LogP contribution in [0.25, 0.3) is 0 Å². The summed E-state index contributed by atoms with van der Waals surface area (Å²) in [5, 5.41) is 14.6. The van der Waals surface area contributed by atoms with Gasteiger partial charge in [-0.3, -0.25) is 10.1 Å². The molecule has 0 unspecified atom stereocenters. The monoisotopic (exact) mass is 344 g/mol. The van der Waals surface area contributed by atoms with Crippen LogP contribution in [0.5, 0.6) is 0 Å². The van der Waals surface area contributed by atoms with Crippen molar-refractivity contribution < 1.29 is 9.32 Å². The molecule has 1 amide bonds. The highest BCUT2D eigenvalue weighted by atomic mass is 32.2. The minimum Gasteiger partial charge on any atom is -0.338 e. The maximum absolute atomic E-state index is 11.9. The van der Waals surface area contributed by atoms with E-state index in [0.29, 0.717) is 5.88 Å². The molecule has 2 aromatic heterocycles. The molecule has 0 aromatic carbocycles. The quantitative estimate of drug-likeness (QED) is 0.834. The van der Waals surface area contributed by atoms with Crippen molar-refractivity contribution in [1.82, 2.24) is 15.4 Å². The van der Waals surface area contributed by atoms with Gasteiger partial charge in [0.1, 0.15) is 0 Å². The summed E-state index contributed by atoms with van der Waals surface area (Å²) < 4.78 is 6.79. The van der Waals surface area contributed by atoms with Gasteiger partial charge < -0.3 is 4.52 Å². The zero-order chi connectivity index (χ0) is 15.5. The molecule has 0 atom stereocenters. The van der Waals surface area contributed by atoms with Gasteiger partial charge in [0.25, 0.3) is 0 Å². The molecule has 0 aliphatic rings. The molecule has 2 heterocycles. The molecule has 0 radical (unpaired) electrons. The van der Waals surface area contributed by atoms with Gasteiger partial charge in [0.2, 0.25) is 11.8 Å². The molecule has 0 saturated heterocycles. The molecule has 2 aromatic rings. The van der Waals surface area contributed by atoms with Crippen LogP contribution in [-0.4, -0.2) is 33.3 Å². The van der Waals surface area contributed by atoms with Gasteiger partial charge in [-0.15, -0.1) is 10.2 Å². The van der Waals surface area contributed by atoms with Gasteiger partial charge in [0, 0.05) is 11.5 Å². The molecule has 114 valence electrons. The average molecular weight is 344 g/mol. The Morgan fingerprint density at radius 3 is 2.67 bits per heavy atom. The fraction of sp³-hybridized carbons (Fsp3) is 0.500. The number of nitrogens with zero attached hydrogens (tertiary/aromatic N) is 3. The van der Waals surface area contributed by atoms with Crippen LogP contribution in [0.2, 0.25) is 0 Å². The zero-order valence-electron chi connectivity index (χ0n) is 12.2. The Kier molecular flexibility index (Phi) is 5.28. The molecule has 6 nitrogen and oxygen atoms in total. The summed E-state index contributed by atoms with van der Waals surface area (Å²) in [6, 6.07) is 1.75. The summed E-state index contributed by atoms with van der Waals surface area (Å²) in [6.45, 7) is 6.10. The normalized spacial score (nSPS) is 11.6. The van der Waals surface area contributed by atoms with Gasteiger partial charge >= 0.3 is 0 Å². The van der Waals surface area contributed by atoms with Crippen molar-refractivity contribution in [2.75, 3.05) is 17.3 Å². The Morgan fingerprint density at radius 1 is 1.38 bits per heavy atom. The van der Waals surface area contributed by atoms with Crippen LogP contribution < -0.4 is 5.32 Å². The van der Waals surface area contributed by atoms with Gasteiger partial charge in [-0.2, -0.15) is 0 Å². The third-order valence-electron chi connectivity index (χ3n) is 2.43. The number of hydrogen-bond donors (Lipinski definition) is 1. The highest BCUT2D eigenvalue weighted by Gasteiger charge is 2.19. The van der Waals surface area contributed by atoms with Crippen LogP contribution in [0.3, 0.4) is 0 Å². The van der Waals surface area contributed by atoms with Crippen molar-refractivity contribution in [3.63, 3.8) is 0 Å². The van der Waals surface area contributed by atoms with E-state index in [1.807, 2.05) is 27.0 Å². The van der Waals surface area contributed by atoms with Gasteiger partial charge in [-0.1, -0.05) is 60.8 Å². The highest BCUT2D eigenvalue weighted by molar-refractivity contribution is 8.03. The van der Waals surface area contributed by atoms with Crippen molar-refractivity contribution in [2.45, 2.75) is 34.9 Å². The summed E-state index contributed by atoms with van der Waals surface area (Å²) in [5.74, 6) is 0.472. The number of aromatic nitrogens is 3. The molecule has 21 heavy (non-hydrogen) atoms. The Morgan fingerprint density at radius 2 is 2.10 bits per heavy atom. The molecular formula is C12H16N4O2S3. The van der Waals surface area contributed by atoms with Crippen molar-refractivity contribution in [3.05, 3.63) is 11.8 Å². The van der Waals surface area contributed by atoms with E-state index >= 15 is 0 Å². The fourth-order valence-electron chi connectivity index (χ4n) is 1.33. The lowest BCUT2D eigenvalue weighted by molar-refractivity contribution is -0.113. The van der Waals surface area contributed by atoms with E-state index in [1.54, 1.807) is 6.07 Å². The summed E-state index contributed by atoms with van der Waals surface area (Å²) >= 11 is 4.37. The third kappa shape index (κ3) is 4.72. The van der Waals surface area contributed by atoms with Crippen LogP contribution in [0.1, 0.15) is 26.5 Å². The number of hydrogen-bond acceptors (Lipinski definition) is 8. The smallest absolute Gasteiger partial charge is 0.237 e. The molecule has 0 fully saturated rings. The van der Waals surface area contributed by atoms with Gasteiger partial charge in [-0.25, -0.2) is 0 Å². The number of nitrogens with one attached hydrogen (secondary N) is 1. The molecule has 0 aliphatic carbocycles. The summed E-state index contributed by atoms with van der Waals surface area (Å²) in [7, 11) is 0. The molecule has 0 bridgehead atoms. The molecule has 2 rings (SSSR count). The van der Waals surface area contributed by atoms with E-state index in [2.05, 4.69) is 20.7 Å². The lowest BCUT2D eigenvalue weighted by Crippen LogP contribution is -2.14. The van der Waals surface area contributed by atoms with Crippen LogP contribution >= 0.6 is 34.9 Å². The van der Waals surface area contributed by atoms with Crippen LogP contribution in [0.4, 0.5) is 5.88 Å². The zero-order valence-corrected chi connectivity index (χ0v) is 14.6. The summed E-state index contributed by atoms with van der Waals surface area (Å²) in [5.41, 5.74) is 0.696. The lowest BCUT2D eigenvalue weighted by atomic mass is 9.92. The second-order valence-electron chi connectivity index (χ2n) is 5.20. The first-order valence-corrected chi connectivity index (χ1v) is 9.18. The first kappa shape index (κ1) is 16.3. The second-order valence-corrected chi connectivity index (χ2v) is 8.45. The predicted molar refractivity (Wildman–Crippen MR) is 86.2 cm³/mol. The fourth-order valence-corrected chi connectivity index (χ4v) is 3.56. The number of thioether (sulfide) groups is 2. The van der Waals surface area contributed by atoms with E-state index in [-0.39, 0.29) is 17.1 Å². The maximum Gasteiger partial charge on any atom is 0.237 e. The Bertz CT molecular complexity index is 618. The van der Waals surface area contributed by atoms with Crippen molar-refractivity contribution in [1.29, 1.82) is 0 Å². The highest BCUT2D eigenvalue weighted by Crippen LogP contribution is 2.27. The standard InChI is InChI=1S/C12H16N4O2S3/c1-12(2,3)7-5-9(18-16-7)13-8(17)6-20-11-15-14-10(19-4)21-11/h5H,6H2,1-4H3,(H,13,17). The Labute approximate surface area is 135 Å². The largest absolute Gasteiger partial charge is 0.338 e. The summed E-state index contributed by atoms with van der Waals surface area (Å²) in [4.78, 5) is 11.9. The first-order chi connectivity index (χ1) is 9.88. The van der Waals surface area contributed by atoms with Crippen molar-refractivity contribution in [2.24, 2.45) is 0 Å². The predicted octanol–water partition coefficient (Wildman–Crippen LogP) is 3.28. The van der Waals surface area contributed by atoms with Gasteiger partial charge in [-0.05, 0) is 6.26 Å². The van der Waals surface area contributed by atoms with Crippen LogP contribution in [0.15, 0.2) is 19.3 Å². The number of anilines is 1. The molecule has 0 spiro atoms. The van der Waals surface area contributed by atoms with E-state index in [4.69, 9.17) is 4.52 Å². The van der Waals surface area contributed by atoms with Gasteiger partial charge in [0.05, 0.1) is 11.4 Å². The number of rotatable bonds is 5. The number of amides is 1. The van der Waals surface area contributed by atoms with E-state index in [9.17, 15) is 4.79 Å². The minimum atomic E-state index is -0.155. The Balaban J connectivity index is 1.85. The second kappa shape index (κ2) is 6.80. The minimum absolute atomic E-state index is 0.109. The summed E-state index contributed by atoms with van der Waals surface area (Å²) in [6.07, 6.45) is 1.94. The topological polar surface area (TPSA) is 80.9 Å². The molecule has 0 aliphatic heterocycles. The first-order valence-electron chi connectivity index (χ1n) is 6.16. The SMILES string of the molecule is CSc1nnc(SCC(=O)Nc2cc(C(C)(C)C)no2)s1. The maximum atomic E-state index is 11.9. The number of carbonyl (C=O) groups is 1. The average Bonchev–Trinajstić information content (AvgIpc) is 3.04. The van der Waals surface area contributed by atoms with Crippen molar-refractivity contribution >= 4 is 46.7 Å². The van der Waals surface area contributed by atoms with Crippen LogP contribution in [-0.2, 0) is 10.2 Å². The lowest BCUT2D eigenvalue weighted by Gasteiger charge is -2.12. The molecule has 1 N–H and O–H groups in total. The number of carbonyl (C=O) groups excluding carboxylic acids is 1. The van der Waals surface area contributed by atoms with E-state index in [1.165, 1.54) is 34.9 Å². The van der Waals surface area contributed by atoms with Gasteiger partial charge in [0.15, 0.2) is 8.68 Å². The van der Waals surface area contributed by atoms with Crippen LogP contribution in [0, 0.1) is 0 Å². The Hall–Kier alpha value is -1.06. The third-order valence-corrected chi connectivity index (χ3v) is 5.46. The van der Waals surface area contributed by atoms with E-state index < -0.39 is 0 Å². The van der Waals surface area contributed by atoms with E-state index in [0.717, 1.165) is 14.4 Å². The molecule has 0 saturated carbocycles. The van der Waals surface area contributed by atoms with Crippen molar-refractivity contribution in [3.8, 4) is 0 Å². The molecule has 9 heteroatoms. The molecular weight excluding hydrogens is 328 g/mol.